The monoisotopic (exact) mass is 345 g/mol. The molecule has 3 rings (SSSR count). The third-order valence-electron chi connectivity index (χ3n) is 4.86. The molecule has 25 heavy (non-hydrogen) atoms. The predicted octanol–water partition coefficient (Wildman–Crippen LogP) is 1.81. The normalized spacial score (nSPS) is 23.7. The summed E-state index contributed by atoms with van der Waals surface area (Å²) in [6, 6.07) is 6.60. The molecule has 1 aromatic rings. The molecule has 1 aromatic carbocycles. The summed E-state index contributed by atoms with van der Waals surface area (Å²) in [4.78, 5) is 37.3. The van der Waals surface area contributed by atoms with Gasteiger partial charge in [0.1, 0.15) is 0 Å². The van der Waals surface area contributed by atoms with Crippen molar-refractivity contribution < 1.29 is 19.1 Å². The Morgan fingerprint density at radius 3 is 2.52 bits per heavy atom. The number of amides is 3. The van der Waals surface area contributed by atoms with E-state index >= 15 is 0 Å². The van der Waals surface area contributed by atoms with Crippen molar-refractivity contribution in [3.8, 4) is 0 Å². The van der Waals surface area contributed by atoms with E-state index in [0.717, 1.165) is 32.1 Å². The molecule has 3 amide bonds. The first-order valence-corrected chi connectivity index (χ1v) is 8.71. The van der Waals surface area contributed by atoms with E-state index in [4.69, 9.17) is 10.5 Å². The SMILES string of the molecule is NC(=O)C1CCCCC1NC(=O)c1ccc(N2CCCOC2=O)cc1. The number of primary amides is 1. The molecule has 0 spiro atoms. The van der Waals surface area contributed by atoms with E-state index in [0.29, 0.717) is 24.4 Å². The number of nitrogens with zero attached hydrogens (tertiary/aromatic N) is 1. The molecular formula is C18H23N3O4. The van der Waals surface area contributed by atoms with Gasteiger partial charge >= 0.3 is 6.09 Å². The lowest BCUT2D eigenvalue weighted by Gasteiger charge is -2.30. The molecule has 1 aliphatic carbocycles. The van der Waals surface area contributed by atoms with Crippen molar-refractivity contribution >= 4 is 23.6 Å². The Bertz CT molecular complexity index is 659. The molecule has 0 bridgehead atoms. The maximum Gasteiger partial charge on any atom is 0.414 e. The van der Waals surface area contributed by atoms with Crippen molar-refractivity contribution in [1.29, 1.82) is 0 Å². The van der Waals surface area contributed by atoms with Gasteiger partial charge in [-0.15, -0.1) is 0 Å². The predicted molar refractivity (Wildman–Crippen MR) is 92.2 cm³/mol. The van der Waals surface area contributed by atoms with Gasteiger partial charge in [-0.25, -0.2) is 4.79 Å². The molecule has 0 aromatic heterocycles. The summed E-state index contributed by atoms with van der Waals surface area (Å²) in [5.74, 6) is -0.894. The molecule has 3 N–H and O–H groups in total. The molecule has 1 saturated heterocycles. The maximum atomic E-state index is 12.5. The number of cyclic esters (lactones) is 1. The lowest BCUT2D eigenvalue weighted by Crippen LogP contribution is -2.47. The zero-order valence-electron chi connectivity index (χ0n) is 14.1. The molecule has 7 nitrogen and oxygen atoms in total. The maximum absolute atomic E-state index is 12.5. The van der Waals surface area contributed by atoms with Gasteiger partial charge < -0.3 is 15.8 Å². The fraction of sp³-hybridized carbons (Fsp3) is 0.500. The molecule has 2 atom stereocenters. The van der Waals surface area contributed by atoms with Crippen LogP contribution >= 0.6 is 0 Å². The van der Waals surface area contributed by atoms with Gasteiger partial charge in [0.15, 0.2) is 0 Å². The van der Waals surface area contributed by atoms with Gasteiger partial charge in [0.25, 0.3) is 5.91 Å². The van der Waals surface area contributed by atoms with E-state index in [1.165, 1.54) is 0 Å². The van der Waals surface area contributed by atoms with E-state index in [1.54, 1.807) is 29.2 Å². The minimum absolute atomic E-state index is 0.213. The van der Waals surface area contributed by atoms with Crippen LogP contribution in [0.25, 0.3) is 0 Å². The van der Waals surface area contributed by atoms with Crippen molar-refractivity contribution in [3.63, 3.8) is 0 Å². The summed E-state index contributed by atoms with van der Waals surface area (Å²) < 4.78 is 5.02. The highest BCUT2D eigenvalue weighted by molar-refractivity contribution is 5.96. The van der Waals surface area contributed by atoms with Gasteiger partial charge in [-0.05, 0) is 43.5 Å². The zero-order valence-corrected chi connectivity index (χ0v) is 14.1. The van der Waals surface area contributed by atoms with Gasteiger partial charge in [-0.2, -0.15) is 0 Å². The van der Waals surface area contributed by atoms with Crippen LogP contribution in [-0.2, 0) is 9.53 Å². The summed E-state index contributed by atoms with van der Waals surface area (Å²) in [5, 5.41) is 2.93. The van der Waals surface area contributed by atoms with Gasteiger partial charge in [-0.3, -0.25) is 14.5 Å². The number of hydrogen-bond donors (Lipinski definition) is 2. The summed E-state index contributed by atoms with van der Waals surface area (Å²) >= 11 is 0. The summed E-state index contributed by atoms with van der Waals surface area (Å²) in [7, 11) is 0. The highest BCUT2D eigenvalue weighted by Gasteiger charge is 2.30. The first-order valence-electron chi connectivity index (χ1n) is 8.71. The number of carbonyl (C=O) groups is 3. The van der Waals surface area contributed by atoms with Gasteiger partial charge in [0, 0.05) is 23.8 Å². The lowest BCUT2D eigenvalue weighted by molar-refractivity contribution is -0.123. The molecule has 1 heterocycles. The zero-order chi connectivity index (χ0) is 17.8. The van der Waals surface area contributed by atoms with Crippen LogP contribution in [0, 0.1) is 5.92 Å². The van der Waals surface area contributed by atoms with Crippen molar-refractivity contribution in [2.45, 2.75) is 38.1 Å². The van der Waals surface area contributed by atoms with E-state index < -0.39 is 0 Å². The van der Waals surface area contributed by atoms with Crippen molar-refractivity contribution in [2.24, 2.45) is 11.7 Å². The molecule has 1 saturated carbocycles. The first-order chi connectivity index (χ1) is 12.1. The van der Waals surface area contributed by atoms with Crippen LogP contribution < -0.4 is 16.0 Å². The number of nitrogens with one attached hydrogen (secondary N) is 1. The Balaban J connectivity index is 1.66. The number of rotatable bonds is 4. The van der Waals surface area contributed by atoms with Gasteiger partial charge in [0.2, 0.25) is 5.91 Å². The topological polar surface area (TPSA) is 102 Å². The second-order valence-electron chi connectivity index (χ2n) is 6.54. The van der Waals surface area contributed by atoms with Crippen LogP contribution in [0.1, 0.15) is 42.5 Å². The number of benzene rings is 1. The van der Waals surface area contributed by atoms with Gasteiger partial charge in [0.05, 0.1) is 12.5 Å². The Hall–Kier alpha value is -2.57. The molecule has 134 valence electrons. The van der Waals surface area contributed by atoms with E-state index in [9.17, 15) is 14.4 Å². The molecule has 2 aliphatic rings. The second kappa shape index (κ2) is 7.55. The van der Waals surface area contributed by atoms with Crippen LogP contribution in [0.3, 0.4) is 0 Å². The fourth-order valence-electron chi connectivity index (χ4n) is 3.47. The van der Waals surface area contributed by atoms with Gasteiger partial charge in [-0.1, -0.05) is 12.8 Å². The molecule has 2 unspecified atom stereocenters. The van der Waals surface area contributed by atoms with Crippen LogP contribution in [-0.4, -0.2) is 37.1 Å². The standard InChI is InChI=1S/C18H23N3O4/c19-16(22)14-4-1-2-5-15(14)20-17(23)12-6-8-13(9-7-12)21-10-3-11-25-18(21)24/h6-9,14-15H,1-5,10-11H2,(H2,19,22)(H,20,23). The van der Waals surface area contributed by atoms with Crippen molar-refractivity contribution in [1.82, 2.24) is 5.32 Å². The fourth-order valence-corrected chi connectivity index (χ4v) is 3.47. The number of ether oxygens (including phenoxy) is 1. The highest BCUT2D eigenvalue weighted by Crippen LogP contribution is 2.25. The Morgan fingerprint density at radius 1 is 1.12 bits per heavy atom. The molecule has 7 heteroatoms. The van der Waals surface area contributed by atoms with E-state index in [2.05, 4.69) is 5.32 Å². The van der Waals surface area contributed by atoms with E-state index in [1.807, 2.05) is 0 Å². The van der Waals surface area contributed by atoms with Crippen molar-refractivity contribution in [2.75, 3.05) is 18.1 Å². The second-order valence-corrected chi connectivity index (χ2v) is 6.54. The third-order valence-corrected chi connectivity index (χ3v) is 4.86. The smallest absolute Gasteiger partial charge is 0.414 e. The summed E-state index contributed by atoms with van der Waals surface area (Å²) in [6.07, 6.45) is 3.83. The minimum atomic E-state index is -0.366. The third kappa shape index (κ3) is 3.92. The molecular weight excluding hydrogens is 322 g/mol. The Labute approximate surface area is 146 Å². The summed E-state index contributed by atoms with van der Waals surface area (Å²) in [6.45, 7) is 1.05. The van der Waals surface area contributed by atoms with Crippen LogP contribution in [0.4, 0.5) is 10.5 Å². The van der Waals surface area contributed by atoms with Crippen molar-refractivity contribution in [3.05, 3.63) is 29.8 Å². The molecule has 0 radical (unpaired) electrons. The average Bonchev–Trinajstić information content (AvgIpc) is 2.62. The average molecular weight is 345 g/mol. The van der Waals surface area contributed by atoms with Crippen LogP contribution in [0.2, 0.25) is 0 Å². The highest BCUT2D eigenvalue weighted by atomic mass is 16.6. The van der Waals surface area contributed by atoms with Crippen LogP contribution in [0.15, 0.2) is 24.3 Å². The Morgan fingerprint density at radius 2 is 1.84 bits per heavy atom. The van der Waals surface area contributed by atoms with Crippen LogP contribution in [0.5, 0.6) is 0 Å². The molecule has 2 fully saturated rings. The number of nitrogens with two attached hydrogens (primary N) is 1. The number of carbonyl (C=O) groups excluding carboxylic acids is 3. The quantitative estimate of drug-likeness (QED) is 0.869. The lowest BCUT2D eigenvalue weighted by atomic mass is 9.84. The number of hydrogen-bond acceptors (Lipinski definition) is 4. The summed E-state index contributed by atoms with van der Waals surface area (Å²) in [5.41, 5.74) is 6.64. The van der Waals surface area contributed by atoms with E-state index in [-0.39, 0.29) is 29.9 Å². The largest absolute Gasteiger partial charge is 0.449 e. The first kappa shape index (κ1) is 17.3. The number of anilines is 1. The Kier molecular flexibility index (Phi) is 5.21. The molecule has 1 aliphatic heterocycles. The minimum Gasteiger partial charge on any atom is -0.449 e.